The van der Waals surface area contributed by atoms with Crippen molar-refractivity contribution in [3.05, 3.63) is 36.5 Å². The minimum Gasteiger partial charge on any atom is -0.481 e. The van der Waals surface area contributed by atoms with Crippen LogP contribution in [0.25, 0.3) is 0 Å². The van der Waals surface area contributed by atoms with Crippen LogP contribution in [-0.4, -0.2) is 66.5 Å². The van der Waals surface area contributed by atoms with Crippen LogP contribution in [0.3, 0.4) is 0 Å². The Morgan fingerprint density at radius 1 is 0.444 bits per heavy atom. The molecule has 0 aromatic heterocycles. The van der Waals surface area contributed by atoms with Crippen LogP contribution in [0.4, 0.5) is 0 Å². The highest BCUT2D eigenvalue weighted by Crippen LogP contribution is 1.97. The third kappa shape index (κ3) is 22.0. The van der Waals surface area contributed by atoms with E-state index in [1.165, 1.54) is 0 Å². The van der Waals surface area contributed by atoms with Crippen molar-refractivity contribution in [2.24, 2.45) is 0 Å². The molecule has 0 radical (unpaired) electrons. The summed E-state index contributed by atoms with van der Waals surface area (Å²) in [5, 5.41) is 48.2. The maximum atomic E-state index is 9.87. The Balaban J connectivity index is -0.000000320. The summed E-state index contributed by atoms with van der Waals surface area (Å²) in [6.45, 7) is 9.04. The van der Waals surface area contributed by atoms with Crippen molar-refractivity contribution in [2.75, 3.05) is 0 Å². The van der Waals surface area contributed by atoms with Gasteiger partial charge in [-0.15, -0.1) is 0 Å². The molecule has 0 rings (SSSR count). The quantitative estimate of drug-likeness (QED) is 0.292. The molecular formula is C15H18O12. The fourth-order valence-electron chi connectivity index (χ4n) is 0.774. The Bertz CT molecular complexity index is 565. The molecule has 0 fully saturated rings. The first-order chi connectivity index (χ1) is 12.1. The Morgan fingerprint density at radius 3 is 0.630 bits per heavy atom. The van der Waals surface area contributed by atoms with E-state index in [0.717, 1.165) is 0 Å². The molecule has 6 N–H and O–H groups in total. The van der Waals surface area contributed by atoms with Gasteiger partial charge in [0.2, 0.25) is 0 Å². The Morgan fingerprint density at radius 2 is 0.593 bits per heavy atom. The van der Waals surface area contributed by atoms with Gasteiger partial charge in [-0.25, -0.2) is 14.4 Å². The summed E-state index contributed by atoms with van der Waals surface area (Å²) in [4.78, 5) is 59.0. The number of hydrogen-bond donors (Lipinski definition) is 6. The molecule has 0 aromatic carbocycles. The first kappa shape index (κ1) is 27.9. The van der Waals surface area contributed by atoms with Crippen LogP contribution in [0.2, 0.25) is 0 Å². The van der Waals surface area contributed by atoms with E-state index in [1.54, 1.807) is 0 Å². The number of rotatable bonds is 9. The maximum Gasteiger partial charge on any atom is 0.331 e. The molecule has 0 heterocycles. The van der Waals surface area contributed by atoms with E-state index in [9.17, 15) is 28.8 Å². The van der Waals surface area contributed by atoms with Crippen molar-refractivity contribution in [3.63, 3.8) is 0 Å². The molecule has 27 heavy (non-hydrogen) atoms. The van der Waals surface area contributed by atoms with Crippen molar-refractivity contribution in [2.45, 2.75) is 19.3 Å². The molecule has 150 valence electrons. The Labute approximate surface area is 152 Å². The summed E-state index contributed by atoms with van der Waals surface area (Å²) in [6, 6.07) is 0. The molecule has 0 unspecified atom stereocenters. The van der Waals surface area contributed by atoms with Crippen molar-refractivity contribution in [3.8, 4) is 0 Å². The second-order valence-electron chi connectivity index (χ2n) is 4.44. The number of carbonyl (C=O) groups is 6. The van der Waals surface area contributed by atoms with Gasteiger partial charge in [0.25, 0.3) is 0 Å². The first-order valence-corrected chi connectivity index (χ1v) is 6.50. The van der Waals surface area contributed by atoms with E-state index >= 15 is 0 Å². The van der Waals surface area contributed by atoms with Crippen LogP contribution < -0.4 is 0 Å². The summed E-state index contributed by atoms with van der Waals surface area (Å²) < 4.78 is 0. The third-order valence-corrected chi connectivity index (χ3v) is 2.00. The molecule has 0 spiro atoms. The second-order valence-corrected chi connectivity index (χ2v) is 4.44. The molecule has 0 amide bonds. The predicted octanol–water partition coefficient (Wildman–Crippen LogP) is 0.306. The van der Waals surface area contributed by atoms with Crippen molar-refractivity contribution >= 4 is 35.8 Å². The second kappa shape index (κ2) is 14.4. The average Bonchev–Trinajstić information content (AvgIpc) is 2.46. The van der Waals surface area contributed by atoms with E-state index in [0.29, 0.717) is 0 Å². The van der Waals surface area contributed by atoms with Gasteiger partial charge in [0.1, 0.15) is 0 Å². The smallest absolute Gasteiger partial charge is 0.331 e. The van der Waals surface area contributed by atoms with Gasteiger partial charge in [-0.3, -0.25) is 14.4 Å². The predicted molar refractivity (Wildman–Crippen MR) is 87.1 cm³/mol. The third-order valence-electron chi connectivity index (χ3n) is 2.00. The van der Waals surface area contributed by atoms with Crippen LogP contribution in [0.15, 0.2) is 36.5 Å². The lowest BCUT2D eigenvalue weighted by Gasteiger charge is -1.91. The zero-order valence-electron chi connectivity index (χ0n) is 13.9. The van der Waals surface area contributed by atoms with Crippen LogP contribution in [0, 0.1) is 0 Å². The average molecular weight is 390 g/mol. The first-order valence-electron chi connectivity index (χ1n) is 6.50. The van der Waals surface area contributed by atoms with Gasteiger partial charge >= 0.3 is 35.8 Å². The highest BCUT2D eigenvalue weighted by molar-refractivity contribution is 5.92. The summed E-state index contributed by atoms with van der Waals surface area (Å²) in [5.74, 6) is -7.33. The molecule has 12 nitrogen and oxygen atoms in total. The normalized spacial score (nSPS) is 8.44. The van der Waals surface area contributed by atoms with Gasteiger partial charge < -0.3 is 30.6 Å². The fraction of sp³-hybridized carbons (Fsp3) is 0.200. The molecular weight excluding hydrogens is 372 g/mol. The van der Waals surface area contributed by atoms with E-state index in [2.05, 4.69) is 19.7 Å². The van der Waals surface area contributed by atoms with Gasteiger partial charge in [-0.1, -0.05) is 19.7 Å². The van der Waals surface area contributed by atoms with Gasteiger partial charge in [0.15, 0.2) is 0 Å². The molecule has 0 aliphatic heterocycles. The fourth-order valence-corrected chi connectivity index (χ4v) is 0.774. The summed E-state index contributed by atoms with van der Waals surface area (Å²) in [7, 11) is 0. The molecule has 0 aliphatic rings. The summed E-state index contributed by atoms with van der Waals surface area (Å²) >= 11 is 0. The Kier molecular flexibility index (Phi) is 14.9. The van der Waals surface area contributed by atoms with Crippen LogP contribution in [0.1, 0.15) is 19.3 Å². The Hall–Kier alpha value is -3.96. The van der Waals surface area contributed by atoms with Crippen LogP contribution in [0.5, 0.6) is 0 Å². The maximum absolute atomic E-state index is 9.87. The zero-order chi connectivity index (χ0) is 22.3. The van der Waals surface area contributed by atoms with E-state index in [1.807, 2.05) is 0 Å². The lowest BCUT2D eigenvalue weighted by atomic mass is 10.2. The highest BCUT2D eigenvalue weighted by atomic mass is 16.4. The number of carboxylic acids is 6. The van der Waals surface area contributed by atoms with Gasteiger partial charge in [0.05, 0.1) is 19.3 Å². The highest BCUT2D eigenvalue weighted by Gasteiger charge is 2.08. The summed E-state index contributed by atoms with van der Waals surface area (Å²) in [5.41, 5.74) is -0.910. The molecule has 0 saturated heterocycles. The monoisotopic (exact) mass is 390 g/mol. The van der Waals surface area contributed by atoms with Crippen molar-refractivity contribution in [1.82, 2.24) is 0 Å². The minimum atomic E-state index is -1.27. The zero-order valence-corrected chi connectivity index (χ0v) is 13.9. The standard InChI is InChI=1S/3C5H6O4/c3*1-3(5(8)9)2-4(6)7/h3*1-2H2,(H,6,7)(H,8,9). The largest absolute Gasteiger partial charge is 0.481 e. The van der Waals surface area contributed by atoms with Gasteiger partial charge in [-0.2, -0.15) is 0 Å². The molecule has 0 bridgehead atoms. The molecule has 0 aromatic rings. The van der Waals surface area contributed by atoms with Crippen LogP contribution >= 0.6 is 0 Å². The molecule has 0 atom stereocenters. The van der Waals surface area contributed by atoms with Crippen molar-refractivity contribution in [1.29, 1.82) is 0 Å². The van der Waals surface area contributed by atoms with E-state index in [-0.39, 0.29) is 16.7 Å². The van der Waals surface area contributed by atoms with Crippen molar-refractivity contribution < 1.29 is 59.4 Å². The van der Waals surface area contributed by atoms with Gasteiger partial charge in [-0.05, 0) is 0 Å². The number of hydrogen-bond acceptors (Lipinski definition) is 6. The topological polar surface area (TPSA) is 224 Å². The SMILES string of the molecule is C=C(CC(=O)O)C(=O)O.C=C(CC(=O)O)C(=O)O.C=C(CC(=O)O)C(=O)O. The number of carboxylic acid groups (broad SMARTS) is 6. The lowest BCUT2D eigenvalue weighted by Crippen LogP contribution is -2.04. The molecule has 0 saturated carbocycles. The summed E-state index contributed by atoms with van der Waals surface area (Å²) in [6.07, 6.45) is -1.51. The lowest BCUT2D eigenvalue weighted by molar-refractivity contribution is -0.139. The van der Waals surface area contributed by atoms with Crippen LogP contribution in [-0.2, 0) is 28.8 Å². The molecule has 12 heteroatoms. The van der Waals surface area contributed by atoms with E-state index < -0.39 is 55.1 Å². The minimum absolute atomic E-state index is 0.303. The van der Waals surface area contributed by atoms with E-state index in [4.69, 9.17) is 30.6 Å². The molecule has 0 aliphatic carbocycles. The number of aliphatic carboxylic acids is 6. The van der Waals surface area contributed by atoms with Gasteiger partial charge in [0, 0.05) is 16.7 Å².